The van der Waals surface area contributed by atoms with E-state index in [1.54, 1.807) is 0 Å². The van der Waals surface area contributed by atoms with Crippen LogP contribution in [0, 0.1) is 11.7 Å². The van der Waals surface area contributed by atoms with Crippen LogP contribution in [-0.2, 0) is 11.4 Å². The summed E-state index contributed by atoms with van der Waals surface area (Å²) < 4.78 is 16.0. The monoisotopic (exact) mass is 439 g/mol. The summed E-state index contributed by atoms with van der Waals surface area (Å²) in [4.78, 5) is 4.40. The topological polar surface area (TPSA) is 47.7 Å². The molecule has 31 heavy (non-hydrogen) atoms. The lowest BCUT2D eigenvalue weighted by atomic mass is 10.2. The minimum absolute atomic E-state index is 0.590. The average Bonchev–Trinajstić information content (AvgIpc) is 3.11. The molecular formula is C23H29N5O2S. The summed E-state index contributed by atoms with van der Waals surface area (Å²) in [6, 6.07) is 18.3. The normalized spacial score (nSPS) is 14.2. The van der Waals surface area contributed by atoms with E-state index in [0.717, 1.165) is 37.0 Å². The quantitative estimate of drug-likeness (QED) is 0.501. The van der Waals surface area contributed by atoms with Crippen molar-refractivity contribution in [3.05, 3.63) is 64.9 Å². The molecule has 1 aliphatic rings. The highest BCUT2D eigenvalue weighted by Crippen LogP contribution is 2.21. The highest BCUT2D eigenvalue weighted by molar-refractivity contribution is 7.71. The molecule has 3 aromatic rings. The van der Waals surface area contributed by atoms with Crippen molar-refractivity contribution < 1.29 is 9.47 Å². The molecule has 0 saturated carbocycles. The molecule has 2 heterocycles. The Morgan fingerprint density at radius 3 is 2.61 bits per heavy atom. The average molecular weight is 440 g/mol. The van der Waals surface area contributed by atoms with Gasteiger partial charge in [-0.3, -0.25) is 9.47 Å². The van der Waals surface area contributed by atoms with Gasteiger partial charge in [-0.2, -0.15) is 0 Å². The predicted molar refractivity (Wildman–Crippen MR) is 125 cm³/mol. The number of morpholine rings is 1. The molecule has 0 unspecified atom stereocenters. The number of hydrogen-bond acceptors (Lipinski definition) is 6. The van der Waals surface area contributed by atoms with E-state index in [0.29, 0.717) is 31.3 Å². The molecule has 1 fully saturated rings. The number of ether oxygens (including phenoxy) is 2. The van der Waals surface area contributed by atoms with Gasteiger partial charge in [0, 0.05) is 19.6 Å². The molecule has 0 spiro atoms. The summed E-state index contributed by atoms with van der Waals surface area (Å²) in [5.41, 5.74) is 2.21. The second-order valence-electron chi connectivity index (χ2n) is 7.74. The summed E-state index contributed by atoms with van der Waals surface area (Å²) in [6.07, 6.45) is 0. The summed E-state index contributed by atoms with van der Waals surface area (Å²) in [5.74, 6) is 1.76. The molecule has 0 amide bonds. The maximum absolute atomic E-state index is 5.89. The minimum Gasteiger partial charge on any atom is -0.492 e. The van der Waals surface area contributed by atoms with Gasteiger partial charge in [0.2, 0.25) is 10.7 Å². The summed E-state index contributed by atoms with van der Waals surface area (Å²) in [6.45, 7) is 7.03. The Morgan fingerprint density at radius 1 is 1.10 bits per heavy atom. The Morgan fingerprint density at radius 2 is 1.87 bits per heavy atom. The fourth-order valence-electron chi connectivity index (χ4n) is 3.58. The van der Waals surface area contributed by atoms with E-state index in [1.165, 1.54) is 5.56 Å². The van der Waals surface area contributed by atoms with E-state index in [4.69, 9.17) is 26.8 Å². The van der Waals surface area contributed by atoms with Gasteiger partial charge in [-0.25, -0.2) is 4.68 Å². The Labute approximate surface area is 188 Å². The Kier molecular flexibility index (Phi) is 7.01. The van der Waals surface area contributed by atoms with Crippen molar-refractivity contribution in [2.45, 2.75) is 13.6 Å². The zero-order valence-electron chi connectivity index (χ0n) is 18.1. The van der Waals surface area contributed by atoms with Crippen molar-refractivity contribution in [3.8, 4) is 11.4 Å². The first-order valence-electron chi connectivity index (χ1n) is 10.6. The maximum Gasteiger partial charge on any atom is 0.230 e. The van der Waals surface area contributed by atoms with Gasteiger partial charge < -0.3 is 14.4 Å². The highest BCUT2D eigenvalue weighted by atomic mass is 32.1. The maximum atomic E-state index is 5.89. The lowest BCUT2D eigenvalue weighted by molar-refractivity contribution is 0.121. The van der Waals surface area contributed by atoms with Gasteiger partial charge in [0.15, 0.2) is 0 Å². The fourth-order valence-corrected chi connectivity index (χ4v) is 3.87. The van der Waals surface area contributed by atoms with Crippen LogP contribution in [0.5, 0.6) is 5.75 Å². The number of likely N-dealkylation sites (N-methyl/N-ethyl adjacent to an activating group) is 1. The smallest absolute Gasteiger partial charge is 0.230 e. The number of aryl methyl sites for hydroxylation is 1. The van der Waals surface area contributed by atoms with Crippen LogP contribution in [0.3, 0.4) is 0 Å². The molecular weight excluding hydrogens is 410 g/mol. The first-order valence-corrected chi connectivity index (χ1v) is 11.0. The van der Waals surface area contributed by atoms with Crippen LogP contribution in [0.1, 0.15) is 5.56 Å². The van der Waals surface area contributed by atoms with E-state index in [9.17, 15) is 0 Å². The van der Waals surface area contributed by atoms with Crippen LogP contribution >= 0.6 is 12.2 Å². The van der Waals surface area contributed by atoms with Crippen LogP contribution in [0.4, 0.5) is 5.95 Å². The molecule has 1 aromatic heterocycles. The number of hydrogen-bond donors (Lipinski definition) is 0. The third-order valence-corrected chi connectivity index (χ3v) is 5.63. The number of nitrogens with zero attached hydrogens (tertiary/aromatic N) is 5. The molecule has 8 heteroatoms. The van der Waals surface area contributed by atoms with Gasteiger partial charge >= 0.3 is 0 Å². The SMILES string of the molecule is Cc1cccc(OCCN(C)Cn2nc(N3CCOCC3)n(-c3ccccc3)c2=S)c1. The summed E-state index contributed by atoms with van der Waals surface area (Å²) >= 11 is 5.83. The van der Waals surface area contributed by atoms with E-state index in [-0.39, 0.29) is 0 Å². The Bertz CT molecular complexity index is 1040. The van der Waals surface area contributed by atoms with Crippen molar-refractivity contribution in [1.82, 2.24) is 19.2 Å². The van der Waals surface area contributed by atoms with Crippen LogP contribution in [0.25, 0.3) is 5.69 Å². The molecule has 7 nitrogen and oxygen atoms in total. The Hall–Kier alpha value is -2.68. The van der Waals surface area contributed by atoms with E-state index in [1.807, 2.05) is 41.1 Å². The molecule has 164 valence electrons. The highest BCUT2D eigenvalue weighted by Gasteiger charge is 2.21. The standard InChI is InChI=1S/C23H29N5O2S/c1-19-7-6-10-21(17-19)30-16-11-25(2)18-27-23(31)28(20-8-4-3-5-9-20)22(24-27)26-12-14-29-15-13-26/h3-10,17H,11-16,18H2,1-2H3. The van der Waals surface area contributed by atoms with Crippen molar-refractivity contribution in [1.29, 1.82) is 0 Å². The molecule has 1 aliphatic heterocycles. The zero-order valence-corrected chi connectivity index (χ0v) is 18.9. The van der Waals surface area contributed by atoms with Crippen LogP contribution < -0.4 is 9.64 Å². The number of benzene rings is 2. The second-order valence-corrected chi connectivity index (χ2v) is 8.10. The van der Waals surface area contributed by atoms with Crippen molar-refractivity contribution >= 4 is 18.2 Å². The molecule has 2 aromatic carbocycles. The van der Waals surface area contributed by atoms with Gasteiger partial charge in [0.25, 0.3) is 0 Å². The zero-order chi connectivity index (χ0) is 21.6. The van der Waals surface area contributed by atoms with Crippen molar-refractivity contribution in [2.75, 3.05) is 51.4 Å². The molecule has 0 aliphatic carbocycles. The van der Waals surface area contributed by atoms with Gasteiger partial charge in [-0.1, -0.05) is 30.3 Å². The summed E-state index contributed by atoms with van der Waals surface area (Å²) in [5, 5.41) is 4.89. The lowest BCUT2D eigenvalue weighted by Crippen LogP contribution is -2.38. The van der Waals surface area contributed by atoms with Crippen molar-refractivity contribution in [2.24, 2.45) is 0 Å². The third kappa shape index (κ3) is 5.33. The summed E-state index contributed by atoms with van der Waals surface area (Å²) in [7, 11) is 2.05. The molecule has 0 N–H and O–H groups in total. The predicted octanol–water partition coefficient (Wildman–Crippen LogP) is 3.52. The van der Waals surface area contributed by atoms with Gasteiger partial charge in [0.1, 0.15) is 12.4 Å². The number of rotatable bonds is 8. The fraction of sp³-hybridized carbons (Fsp3) is 0.391. The van der Waals surface area contributed by atoms with Gasteiger partial charge in [-0.05, 0) is 56.0 Å². The van der Waals surface area contributed by atoms with E-state index < -0.39 is 0 Å². The molecule has 4 rings (SSSR count). The van der Waals surface area contributed by atoms with Gasteiger partial charge in [0.05, 0.1) is 25.6 Å². The Balaban J connectivity index is 1.48. The van der Waals surface area contributed by atoms with Crippen LogP contribution in [0.15, 0.2) is 54.6 Å². The molecule has 0 atom stereocenters. The molecule has 0 bridgehead atoms. The lowest BCUT2D eigenvalue weighted by Gasteiger charge is -2.27. The van der Waals surface area contributed by atoms with Crippen LogP contribution in [-0.4, -0.2) is 65.8 Å². The first kappa shape index (κ1) is 21.5. The molecule has 0 radical (unpaired) electrons. The minimum atomic E-state index is 0.590. The molecule has 1 saturated heterocycles. The van der Waals surface area contributed by atoms with Crippen molar-refractivity contribution in [3.63, 3.8) is 0 Å². The number of aromatic nitrogens is 3. The van der Waals surface area contributed by atoms with Gasteiger partial charge in [-0.15, -0.1) is 5.10 Å². The van der Waals surface area contributed by atoms with E-state index >= 15 is 0 Å². The van der Waals surface area contributed by atoms with E-state index in [2.05, 4.69) is 46.5 Å². The second kappa shape index (κ2) is 10.1. The number of anilines is 1. The largest absolute Gasteiger partial charge is 0.492 e. The van der Waals surface area contributed by atoms with Crippen LogP contribution in [0.2, 0.25) is 0 Å². The third-order valence-electron chi connectivity index (χ3n) is 5.24. The number of para-hydroxylation sites is 1. The first-order chi connectivity index (χ1) is 15.1.